The molecule has 0 unspecified atom stereocenters. The Balaban J connectivity index is 1.48. The van der Waals surface area contributed by atoms with Gasteiger partial charge in [0.05, 0.1) is 10.8 Å². The highest BCUT2D eigenvalue weighted by atomic mass is 15.2. The lowest BCUT2D eigenvalue weighted by Gasteiger charge is -2.26. The molecule has 2 heterocycles. The number of nitrogens with zero attached hydrogens (tertiary/aromatic N) is 2. The van der Waals surface area contributed by atoms with Crippen molar-refractivity contribution in [3.63, 3.8) is 0 Å². The van der Waals surface area contributed by atoms with Gasteiger partial charge in [-0.1, -0.05) is 86.7 Å². The summed E-state index contributed by atoms with van der Waals surface area (Å²) >= 11 is 0. The summed E-state index contributed by atoms with van der Waals surface area (Å²) in [7, 11) is 0. The Morgan fingerprint density at radius 1 is 0.816 bits per heavy atom. The highest BCUT2D eigenvalue weighted by Gasteiger charge is 2.45. The molecule has 4 aromatic carbocycles. The molecule has 38 heavy (non-hydrogen) atoms. The fourth-order valence-corrected chi connectivity index (χ4v) is 6.86. The molecule has 6 rings (SSSR count). The summed E-state index contributed by atoms with van der Waals surface area (Å²) in [5, 5.41) is 5.26. The van der Waals surface area contributed by atoms with E-state index in [0.717, 1.165) is 13.1 Å². The van der Waals surface area contributed by atoms with Crippen LogP contribution in [0.2, 0.25) is 0 Å². The van der Waals surface area contributed by atoms with Crippen LogP contribution in [0.15, 0.2) is 109 Å². The van der Waals surface area contributed by atoms with Gasteiger partial charge in [0.25, 0.3) is 0 Å². The highest BCUT2D eigenvalue weighted by molar-refractivity contribution is 6.07. The van der Waals surface area contributed by atoms with Crippen molar-refractivity contribution in [3.05, 3.63) is 121 Å². The number of fused-ring (bicyclic) bond motifs is 6. The Morgan fingerprint density at radius 3 is 2.18 bits per heavy atom. The minimum Gasteiger partial charge on any atom is -0.340 e. The van der Waals surface area contributed by atoms with Crippen molar-refractivity contribution in [1.29, 1.82) is 0 Å². The van der Waals surface area contributed by atoms with Crippen LogP contribution < -0.4 is 4.90 Å². The molecule has 0 radical (unpaired) electrons. The monoisotopic (exact) mass is 497 g/mol. The van der Waals surface area contributed by atoms with Crippen LogP contribution in [0, 0.1) is 0 Å². The summed E-state index contributed by atoms with van der Waals surface area (Å²) in [6, 6.07) is 26.6. The largest absolute Gasteiger partial charge is 0.340 e. The van der Waals surface area contributed by atoms with Crippen LogP contribution in [0.3, 0.4) is 0 Å². The van der Waals surface area contributed by atoms with E-state index in [4.69, 9.17) is 0 Å². The summed E-state index contributed by atoms with van der Waals surface area (Å²) in [6.07, 6.45) is 8.95. The van der Waals surface area contributed by atoms with E-state index in [2.05, 4.69) is 142 Å². The third kappa shape index (κ3) is 3.43. The zero-order valence-electron chi connectivity index (χ0n) is 23.3. The maximum absolute atomic E-state index is 4.08. The van der Waals surface area contributed by atoms with Crippen LogP contribution in [-0.2, 0) is 10.8 Å². The van der Waals surface area contributed by atoms with Crippen molar-refractivity contribution >= 4 is 38.6 Å². The Morgan fingerprint density at radius 2 is 1.47 bits per heavy atom. The van der Waals surface area contributed by atoms with Crippen LogP contribution in [0.4, 0.5) is 11.4 Å². The number of allylic oxidation sites excluding steroid dienone is 4. The van der Waals surface area contributed by atoms with Gasteiger partial charge in [0.15, 0.2) is 5.71 Å². The molecule has 0 N–H and O–H groups in total. The van der Waals surface area contributed by atoms with Crippen LogP contribution in [-0.4, -0.2) is 23.4 Å². The van der Waals surface area contributed by atoms with Gasteiger partial charge in [-0.3, -0.25) is 0 Å². The molecule has 2 aliphatic heterocycles. The maximum atomic E-state index is 4.08. The molecule has 0 aliphatic carbocycles. The predicted molar refractivity (Wildman–Crippen MR) is 164 cm³/mol. The molecule has 2 aliphatic rings. The second-order valence-electron chi connectivity index (χ2n) is 11.6. The zero-order chi connectivity index (χ0) is 26.7. The molecule has 0 saturated heterocycles. The quantitative estimate of drug-likeness (QED) is 0.197. The van der Waals surface area contributed by atoms with Gasteiger partial charge in [-0.05, 0) is 60.7 Å². The van der Waals surface area contributed by atoms with E-state index < -0.39 is 0 Å². The summed E-state index contributed by atoms with van der Waals surface area (Å²) in [6.45, 7) is 17.5. The molecule has 2 nitrogen and oxygen atoms in total. The third-order valence-corrected chi connectivity index (χ3v) is 8.67. The summed E-state index contributed by atoms with van der Waals surface area (Å²) in [4.78, 5) is 2.43. The van der Waals surface area contributed by atoms with Crippen molar-refractivity contribution < 1.29 is 4.58 Å². The van der Waals surface area contributed by atoms with Gasteiger partial charge in [0.2, 0.25) is 5.69 Å². The Kier molecular flexibility index (Phi) is 5.68. The van der Waals surface area contributed by atoms with E-state index in [-0.39, 0.29) is 10.8 Å². The summed E-state index contributed by atoms with van der Waals surface area (Å²) in [5.41, 5.74) is 7.91. The SMILES string of the molecule is C=CCN1C(=CC=CC2=[N+](CC)c3c(ccc4ccccc34)C2(C)C)C(C)(C)c2c1ccc1ccccc21. The normalized spacial score (nSPS) is 18.7. The minimum atomic E-state index is -0.122. The first kappa shape index (κ1) is 24.4. The van der Waals surface area contributed by atoms with E-state index in [1.165, 1.54) is 55.5 Å². The van der Waals surface area contributed by atoms with Crippen LogP contribution in [0.5, 0.6) is 0 Å². The molecule has 0 bridgehead atoms. The van der Waals surface area contributed by atoms with E-state index in [9.17, 15) is 0 Å². The molecular weight excluding hydrogens is 460 g/mol. The predicted octanol–water partition coefficient (Wildman–Crippen LogP) is 8.81. The molecular formula is C36H37N2+. The average molecular weight is 498 g/mol. The average Bonchev–Trinajstić information content (AvgIpc) is 3.28. The number of hydrogen-bond donors (Lipinski definition) is 0. The summed E-state index contributed by atoms with van der Waals surface area (Å²) in [5.74, 6) is 0. The Labute approximate surface area is 226 Å². The molecule has 0 saturated carbocycles. The van der Waals surface area contributed by atoms with Crippen molar-refractivity contribution in [2.45, 2.75) is 45.4 Å². The Hall–Kier alpha value is -3.91. The lowest BCUT2D eigenvalue weighted by molar-refractivity contribution is -0.431. The lowest BCUT2D eigenvalue weighted by atomic mass is 9.80. The lowest BCUT2D eigenvalue weighted by Crippen LogP contribution is -2.28. The smallest absolute Gasteiger partial charge is 0.217 e. The van der Waals surface area contributed by atoms with E-state index in [1.807, 2.05) is 6.08 Å². The number of hydrogen-bond acceptors (Lipinski definition) is 1. The van der Waals surface area contributed by atoms with Gasteiger partial charge in [-0.2, -0.15) is 4.58 Å². The van der Waals surface area contributed by atoms with E-state index >= 15 is 0 Å². The molecule has 0 fully saturated rings. The molecule has 0 atom stereocenters. The van der Waals surface area contributed by atoms with Crippen molar-refractivity contribution in [2.24, 2.45) is 0 Å². The Bertz CT molecular complexity index is 1690. The first-order chi connectivity index (χ1) is 18.3. The standard InChI is InChI=1S/C36H37N2/c1-7-24-38-30-23-21-25-14-9-11-16-27(25)33(30)36(5,6)32(38)19-13-18-31-35(3,4)29-22-20-26-15-10-12-17-28(26)34(29)37(31)8-2/h7,9-23H,1,8,24H2,2-6H3/q+1. The van der Waals surface area contributed by atoms with Gasteiger partial charge >= 0.3 is 0 Å². The first-order valence-electron chi connectivity index (χ1n) is 13.8. The van der Waals surface area contributed by atoms with E-state index in [0.29, 0.717) is 0 Å². The molecule has 2 heteroatoms. The summed E-state index contributed by atoms with van der Waals surface area (Å²) < 4.78 is 2.51. The van der Waals surface area contributed by atoms with E-state index in [1.54, 1.807) is 0 Å². The topological polar surface area (TPSA) is 6.25 Å². The number of benzene rings is 4. The maximum Gasteiger partial charge on any atom is 0.217 e. The number of rotatable bonds is 5. The van der Waals surface area contributed by atoms with Crippen molar-refractivity contribution in [3.8, 4) is 0 Å². The molecule has 0 spiro atoms. The zero-order valence-corrected chi connectivity index (χ0v) is 23.3. The van der Waals surface area contributed by atoms with Crippen molar-refractivity contribution in [1.82, 2.24) is 0 Å². The fourth-order valence-electron chi connectivity index (χ4n) is 6.86. The first-order valence-corrected chi connectivity index (χ1v) is 13.8. The van der Waals surface area contributed by atoms with Gasteiger partial charge in [-0.15, -0.1) is 6.58 Å². The minimum absolute atomic E-state index is 0.0739. The molecule has 190 valence electrons. The second kappa shape index (κ2) is 8.84. The van der Waals surface area contributed by atoms with Crippen molar-refractivity contribution in [2.75, 3.05) is 18.0 Å². The molecule has 0 amide bonds. The van der Waals surface area contributed by atoms with Gasteiger partial charge < -0.3 is 4.90 Å². The van der Waals surface area contributed by atoms with Crippen LogP contribution in [0.25, 0.3) is 21.5 Å². The second-order valence-corrected chi connectivity index (χ2v) is 11.6. The fraction of sp³-hybridized carbons (Fsp3) is 0.250. The van der Waals surface area contributed by atoms with Crippen LogP contribution >= 0.6 is 0 Å². The number of anilines is 1. The van der Waals surface area contributed by atoms with Gasteiger partial charge in [0.1, 0.15) is 6.54 Å². The van der Waals surface area contributed by atoms with Gasteiger partial charge in [0, 0.05) is 35.0 Å². The molecule has 4 aromatic rings. The van der Waals surface area contributed by atoms with Crippen LogP contribution in [0.1, 0.15) is 45.7 Å². The molecule has 0 aromatic heterocycles. The third-order valence-electron chi connectivity index (χ3n) is 8.67. The highest BCUT2D eigenvalue weighted by Crippen LogP contribution is 2.51. The van der Waals surface area contributed by atoms with Gasteiger partial charge in [-0.25, -0.2) is 0 Å².